The molecule has 0 aliphatic carbocycles. The molecule has 2 N–H and O–H groups in total. The van der Waals surface area contributed by atoms with Gasteiger partial charge in [-0.25, -0.2) is 0 Å². The number of aliphatic hydroxyl groups excluding tert-OH is 1. The number of β-amino-alcohol motifs (C(OH)–C–C–N with tert-alkyl or cyclic N) is 1. The van der Waals surface area contributed by atoms with E-state index < -0.39 is 6.10 Å². The molecule has 1 aromatic rings. The topological polar surface area (TPSA) is 32.3 Å². The molecular weight excluding hydrogens is 280 g/mol. The molecule has 98 valence electrons. The summed E-state index contributed by atoms with van der Waals surface area (Å²) < 4.78 is 0. The van der Waals surface area contributed by atoms with Gasteiger partial charge in [-0.15, -0.1) is 12.4 Å². The van der Waals surface area contributed by atoms with Crippen LogP contribution in [0.4, 0.5) is 0 Å². The van der Waals surface area contributed by atoms with Crippen LogP contribution in [0.1, 0.15) is 32.4 Å². The van der Waals surface area contributed by atoms with Gasteiger partial charge in [0.05, 0.1) is 6.10 Å². The first kappa shape index (κ1) is 17.0. The van der Waals surface area contributed by atoms with Crippen LogP contribution in [0.15, 0.2) is 18.2 Å². The van der Waals surface area contributed by atoms with Crippen LogP contribution >= 0.6 is 35.6 Å². The summed E-state index contributed by atoms with van der Waals surface area (Å²) in [5, 5.41) is 14.3. The molecule has 2 nitrogen and oxygen atoms in total. The minimum atomic E-state index is -0.601. The predicted molar refractivity (Wildman–Crippen MR) is 76.4 cm³/mol. The lowest BCUT2D eigenvalue weighted by Crippen LogP contribution is -2.38. The molecule has 5 heteroatoms. The molecule has 0 heterocycles. The summed E-state index contributed by atoms with van der Waals surface area (Å²) in [7, 11) is 0. The van der Waals surface area contributed by atoms with Crippen molar-refractivity contribution in [1.82, 2.24) is 5.32 Å². The lowest BCUT2D eigenvalue weighted by atomic mass is 10.1. The van der Waals surface area contributed by atoms with Gasteiger partial charge in [-0.2, -0.15) is 0 Å². The van der Waals surface area contributed by atoms with E-state index in [1.807, 2.05) is 20.8 Å². The molecular formula is C12H18Cl3NO. The highest BCUT2D eigenvalue weighted by Crippen LogP contribution is 2.23. The zero-order chi connectivity index (χ0) is 12.3. The average molecular weight is 299 g/mol. The third-order valence-electron chi connectivity index (χ3n) is 2.10. The number of hydrogen-bond donors (Lipinski definition) is 2. The Labute approximate surface area is 119 Å². The Bertz CT molecular complexity index is 343. The van der Waals surface area contributed by atoms with Gasteiger partial charge < -0.3 is 10.4 Å². The normalized spacial score (nSPS) is 13.1. The first-order chi connectivity index (χ1) is 7.28. The highest BCUT2D eigenvalue weighted by molar-refractivity contribution is 6.34. The summed E-state index contributed by atoms with van der Waals surface area (Å²) in [6.07, 6.45) is -0.601. The molecule has 0 spiro atoms. The Hall–Kier alpha value is 0.01000. The second-order valence-electron chi connectivity index (χ2n) is 4.85. The van der Waals surface area contributed by atoms with Crippen molar-refractivity contribution < 1.29 is 5.11 Å². The molecule has 0 aromatic heterocycles. The van der Waals surface area contributed by atoms with Crippen LogP contribution in [0.25, 0.3) is 0 Å². The molecule has 1 atom stereocenters. The fourth-order valence-corrected chi connectivity index (χ4v) is 1.83. The molecule has 1 rings (SSSR count). The zero-order valence-electron chi connectivity index (χ0n) is 10.1. The summed E-state index contributed by atoms with van der Waals surface area (Å²) in [5.41, 5.74) is 0.706. The standard InChI is InChI=1S/C12H17Cl2NO.ClH/c1-12(2,3)15-7-11(16)8-4-9(13)6-10(14)5-8;/h4-6,11,15-16H,7H2,1-3H3;1H. The summed E-state index contributed by atoms with van der Waals surface area (Å²) >= 11 is 11.7. The maximum atomic E-state index is 9.95. The Morgan fingerprint density at radius 1 is 1.18 bits per heavy atom. The number of benzene rings is 1. The summed E-state index contributed by atoms with van der Waals surface area (Å²) in [6.45, 7) is 6.61. The van der Waals surface area contributed by atoms with E-state index in [0.717, 1.165) is 5.56 Å². The van der Waals surface area contributed by atoms with E-state index in [1.54, 1.807) is 18.2 Å². The van der Waals surface area contributed by atoms with Gasteiger partial charge in [0.2, 0.25) is 0 Å². The smallest absolute Gasteiger partial charge is 0.0915 e. The molecule has 0 aliphatic rings. The van der Waals surface area contributed by atoms with Crippen molar-refractivity contribution in [3.05, 3.63) is 33.8 Å². The van der Waals surface area contributed by atoms with Gasteiger partial charge in [0.25, 0.3) is 0 Å². The van der Waals surface area contributed by atoms with Crippen LogP contribution in [0.2, 0.25) is 10.0 Å². The number of halogens is 3. The maximum absolute atomic E-state index is 9.95. The first-order valence-corrected chi connectivity index (χ1v) is 5.92. The largest absolute Gasteiger partial charge is 0.387 e. The molecule has 0 aliphatic heterocycles. The number of aliphatic hydroxyl groups is 1. The summed E-state index contributed by atoms with van der Waals surface area (Å²) in [6, 6.07) is 5.10. The van der Waals surface area contributed by atoms with Crippen molar-refractivity contribution in [2.75, 3.05) is 6.54 Å². The van der Waals surface area contributed by atoms with Crippen LogP contribution in [-0.4, -0.2) is 17.2 Å². The van der Waals surface area contributed by atoms with Crippen molar-refractivity contribution in [1.29, 1.82) is 0 Å². The lowest BCUT2D eigenvalue weighted by molar-refractivity contribution is 0.163. The Balaban J connectivity index is 0.00000256. The van der Waals surface area contributed by atoms with Gasteiger partial charge in [0, 0.05) is 22.1 Å². The molecule has 1 unspecified atom stereocenters. The van der Waals surface area contributed by atoms with E-state index in [2.05, 4.69) is 5.32 Å². The Morgan fingerprint density at radius 2 is 1.65 bits per heavy atom. The average Bonchev–Trinajstić information content (AvgIpc) is 2.11. The fraction of sp³-hybridized carbons (Fsp3) is 0.500. The predicted octanol–water partition coefficient (Wildman–Crippen LogP) is 3.84. The van der Waals surface area contributed by atoms with Crippen LogP contribution in [0, 0.1) is 0 Å². The second kappa shape index (κ2) is 6.81. The van der Waals surface area contributed by atoms with Crippen molar-refractivity contribution in [2.45, 2.75) is 32.4 Å². The number of hydrogen-bond acceptors (Lipinski definition) is 2. The van der Waals surface area contributed by atoms with Gasteiger partial charge in [-0.1, -0.05) is 23.2 Å². The van der Waals surface area contributed by atoms with Crippen molar-refractivity contribution in [2.24, 2.45) is 0 Å². The Morgan fingerprint density at radius 3 is 2.06 bits per heavy atom. The van der Waals surface area contributed by atoms with Gasteiger partial charge in [-0.05, 0) is 44.5 Å². The van der Waals surface area contributed by atoms with Crippen molar-refractivity contribution in [3.63, 3.8) is 0 Å². The van der Waals surface area contributed by atoms with E-state index in [0.29, 0.717) is 16.6 Å². The van der Waals surface area contributed by atoms with Crippen LogP contribution in [0.5, 0.6) is 0 Å². The van der Waals surface area contributed by atoms with Crippen molar-refractivity contribution >= 4 is 35.6 Å². The molecule has 0 saturated carbocycles. The third-order valence-corrected chi connectivity index (χ3v) is 2.53. The highest BCUT2D eigenvalue weighted by atomic mass is 35.5. The van der Waals surface area contributed by atoms with E-state index in [4.69, 9.17) is 23.2 Å². The van der Waals surface area contributed by atoms with Gasteiger partial charge >= 0.3 is 0 Å². The van der Waals surface area contributed by atoms with Gasteiger partial charge in [-0.3, -0.25) is 0 Å². The highest BCUT2D eigenvalue weighted by Gasteiger charge is 2.14. The van der Waals surface area contributed by atoms with Gasteiger partial charge in [0.15, 0.2) is 0 Å². The van der Waals surface area contributed by atoms with E-state index in [1.165, 1.54) is 0 Å². The first-order valence-electron chi connectivity index (χ1n) is 5.17. The minimum Gasteiger partial charge on any atom is -0.387 e. The summed E-state index contributed by atoms with van der Waals surface area (Å²) in [5.74, 6) is 0. The minimum absolute atomic E-state index is 0. The van der Waals surface area contributed by atoms with Gasteiger partial charge in [0.1, 0.15) is 0 Å². The maximum Gasteiger partial charge on any atom is 0.0915 e. The molecule has 0 bridgehead atoms. The van der Waals surface area contributed by atoms with Crippen LogP contribution < -0.4 is 5.32 Å². The Kier molecular flexibility index (Phi) is 6.82. The van der Waals surface area contributed by atoms with E-state index in [-0.39, 0.29) is 17.9 Å². The number of nitrogens with one attached hydrogen (secondary N) is 1. The molecule has 0 amide bonds. The molecule has 0 radical (unpaired) electrons. The monoisotopic (exact) mass is 297 g/mol. The van der Waals surface area contributed by atoms with Crippen LogP contribution in [0.3, 0.4) is 0 Å². The molecule has 17 heavy (non-hydrogen) atoms. The zero-order valence-corrected chi connectivity index (χ0v) is 12.5. The number of rotatable bonds is 3. The quantitative estimate of drug-likeness (QED) is 0.889. The SMILES string of the molecule is CC(C)(C)NCC(O)c1cc(Cl)cc(Cl)c1.Cl. The van der Waals surface area contributed by atoms with E-state index in [9.17, 15) is 5.11 Å². The fourth-order valence-electron chi connectivity index (χ4n) is 1.29. The molecule has 1 aromatic carbocycles. The summed E-state index contributed by atoms with van der Waals surface area (Å²) in [4.78, 5) is 0. The molecule has 0 fully saturated rings. The lowest BCUT2D eigenvalue weighted by Gasteiger charge is -2.23. The third kappa shape index (κ3) is 6.49. The second-order valence-corrected chi connectivity index (χ2v) is 5.72. The van der Waals surface area contributed by atoms with Crippen molar-refractivity contribution in [3.8, 4) is 0 Å². The van der Waals surface area contributed by atoms with E-state index >= 15 is 0 Å². The molecule has 0 saturated heterocycles. The van der Waals surface area contributed by atoms with Crippen LogP contribution in [-0.2, 0) is 0 Å².